The van der Waals surface area contributed by atoms with Crippen LogP contribution in [0.3, 0.4) is 0 Å². The molecule has 5 rings (SSSR count). The monoisotopic (exact) mass is 508 g/mol. The quantitative estimate of drug-likeness (QED) is 0.390. The minimum absolute atomic E-state index is 0.0130. The van der Waals surface area contributed by atoms with E-state index in [9.17, 15) is 19.3 Å². The molecule has 9 heteroatoms. The highest BCUT2D eigenvalue weighted by atomic mass is 35.5. The largest absolute Gasteiger partial charge is 0.365 e. The standard InChI is InChI=1S/C27H26ClFN4O3/c28-21-7-5-18(6-8-21)16-31-11-12-32-25-10-9-22(33(35)36)13-20(25)14-23(26(32)17-31)27(34)30-15-19-3-1-2-4-24(19)29/h1-10,13,23,26H,11-12,14-17H2,(H,30,34)/t23-,26-/m1/s1. The Balaban J connectivity index is 1.39. The van der Waals surface area contributed by atoms with Crippen molar-refractivity contribution in [2.24, 2.45) is 5.92 Å². The van der Waals surface area contributed by atoms with Crippen LogP contribution in [0.25, 0.3) is 0 Å². The van der Waals surface area contributed by atoms with Crippen LogP contribution in [-0.4, -0.2) is 41.4 Å². The Bertz CT molecular complexity index is 1290. The highest BCUT2D eigenvalue weighted by molar-refractivity contribution is 6.30. The summed E-state index contributed by atoms with van der Waals surface area (Å²) in [5, 5.41) is 15.0. The fraction of sp³-hybridized carbons (Fsp3) is 0.296. The number of nitrogens with one attached hydrogen (secondary N) is 1. The Morgan fingerprint density at radius 1 is 1.11 bits per heavy atom. The number of hydrogen-bond acceptors (Lipinski definition) is 5. The van der Waals surface area contributed by atoms with Crippen molar-refractivity contribution in [1.82, 2.24) is 10.2 Å². The minimum Gasteiger partial charge on any atom is -0.365 e. The van der Waals surface area contributed by atoms with E-state index in [-0.39, 0.29) is 30.0 Å². The van der Waals surface area contributed by atoms with Crippen LogP contribution in [0.4, 0.5) is 15.8 Å². The molecule has 2 aliphatic rings. The van der Waals surface area contributed by atoms with Crippen LogP contribution in [0.5, 0.6) is 0 Å². The van der Waals surface area contributed by atoms with Gasteiger partial charge >= 0.3 is 0 Å². The number of amides is 1. The van der Waals surface area contributed by atoms with E-state index in [2.05, 4.69) is 15.1 Å². The molecule has 3 aromatic rings. The van der Waals surface area contributed by atoms with Crippen LogP contribution in [0.1, 0.15) is 16.7 Å². The molecule has 2 heterocycles. The van der Waals surface area contributed by atoms with Crippen molar-refractivity contribution < 1.29 is 14.1 Å². The molecule has 0 spiro atoms. The van der Waals surface area contributed by atoms with Gasteiger partial charge in [0, 0.05) is 61.1 Å². The first-order chi connectivity index (χ1) is 17.4. The van der Waals surface area contributed by atoms with E-state index in [1.165, 1.54) is 12.1 Å². The molecular formula is C27H26ClFN4O3. The number of benzene rings is 3. The number of nitro groups is 1. The maximum Gasteiger partial charge on any atom is 0.269 e. The van der Waals surface area contributed by atoms with Gasteiger partial charge in [-0.3, -0.25) is 19.8 Å². The zero-order valence-electron chi connectivity index (χ0n) is 19.6. The van der Waals surface area contributed by atoms with E-state index in [1.807, 2.05) is 24.3 Å². The molecule has 186 valence electrons. The molecule has 1 N–H and O–H groups in total. The van der Waals surface area contributed by atoms with Crippen molar-refractivity contribution in [2.45, 2.75) is 25.6 Å². The molecular weight excluding hydrogens is 483 g/mol. The van der Waals surface area contributed by atoms with Gasteiger partial charge in [-0.2, -0.15) is 0 Å². The summed E-state index contributed by atoms with van der Waals surface area (Å²) in [4.78, 5) is 28.9. The lowest BCUT2D eigenvalue weighted by Crippen LogP contribution is -2.60. The molecule has 2 atom stereocenters. The Labute approximate surface area is 213 Å². The number of hydrogen-bond donors (Lipinski definition) is 1. The molecule has 0 aromatic heterocycles. The number of fused-ring (bicyclic) bond motifs is 3. The lowest BCUT2D eigenvalue weighted by Gasteiger charge is -2.49. The summed E-state index contributed by atoms with van der Waals surface area (Å²) in [6, 6.07) is 18.9. The smallest absolute Gasteiger partial charge is 0.269 e. The Morgan fingerprint density at radius 2 is 1.89 bits per heavy atom. The third kappa shape index (κ3) is 5.05. The van der Waals surface area contributed by atoms with Gasteiger partial charge in [-0.1, -0.05) is 41.9 Å². The van der Waals surface area contributed by atoms with Crippen molar-refractivity contribution in [1.29, 1.82) is 0 Å². The number of rotatable bonds is 6. The van der Waals surface area contributed by atoms with E-state index in [0.717, 1.165) is 29.9 Å². The van der Waals surface area contributed by atoms with Gasteiger partial charge < -0.3 is 10.2 Å². The zero-order valence-corrected chi connectivity index (χ0v) is 20.3. The number of non-ortho nitro benzene ring substituents is 1. The molecule has 1 fully saturated rings. The zero-order chi connectivity index (χ0) is 25.2. The molecule has 0 aliphatic carbocycles. The van der Waals surface area contributed by atoms with Crippen LogP contribution in [0.2, 0.25) is 5.02 Å². The van der Waals surface area contributed by atoms with E-state index in [4.69, 9.17) is 11.6 Å². The summed E-state index contributed by atoms with van der Waals surface area (Å²) >= 11 is 6.03. The van der Waals surface area contributed by atoms with Gasteiger partial charge in [-0.05, 0) is 41.8 Å². The third-order valence-corrected chi connectivity index (χ3v) is 7.31. The number of halogens is 2. The topological polar surface area (TPSA) is 78.7 Å². The fourth-order valence-corrected chi connectivity index (χ4v) is 5.36. The number of nitro benzene ring substituents is 1. The highest BCUT2D eigenvalue weighted by Crippen LogP contribution is 2.38. The first-order valence-corrected chi connectivity index (χ1v) is 12.3. The van der Waals surface area contributed by atoms with Gasteiger partial charge in [0.25, 0.3) is 5.69 Å². The van der Waals surface area contributed by atoms with E-state index >= 15 is 0 Å². The summed E-state index contributed by atoms with van der Waals surface area (Å²) in [5.74, 6) is -0.978. The molecule has 0 unspecified atom stereocenters. The molecule has 7 nitrogen and oxygen atoms in total. The molecule has 1 saturated heterocycles. The lowest BCUT2D eigenvalue weighted by atomic mass is 9.83. The van der Waals surface area contributed by atoms with Crippen molar-refractivity contribution in [2.75, 3.05) is 24.5 Å². The molecule has 0 saturated carbocycles. The van der Waals surface area contributed by atoms with Gasteiger partial charge in [0.2, 0.25) is 5.91 Å². The first-order valence-electron chi connectivity index (χ1n) is 11.9. The lowest BCUT2D eigenvalue weighted by molar-refractivity contribution is -0.384. The Kier molecular flexibility index (Phi) is 6.89. The second-order valence-corrected chi connectivity index (χ2v) is 9.75. The van der Waals surface area contributed by atoms with Crippen LogP contribution >= 0.6 is 11.6 Å². The van der Waals surface area contributed by atoms with Gasteiger partial charge in [-0.15, -0.1) is 0 Å². The number of piperazine rings is 1. The minimum atomic E-state index is -0.431. The number of nitrogens with zero attached hydrogens (tertiary/aromatic N) is 3. The van der Waals surface area contributed by atoms with Crippen molar-refractivity contribution in [3.8, 4) is 0 Å². The first kappa shape index (κ1) is 24.2. The predicted molar refractivity (Wildman–Crippen MR) is 136 cm³/mol. The van der Waals surface area contributed by atoms with Crippen LogP contribution in [0, 0.1) is 21.8 Å². The fourth-order valence-electron chi connectivity index (χ4n) is 5.23. The van der Waals surface area contributed by atoms with Gasteiger partial charge in [0.15, 0.2) is 0 Å². The van der Waals surface area contributed by atoms with Crippen molar-refractivity contribution in [3.05, 3.63) is 104 Å². The molecule has 0 radical (unpaired) electrons. The Hall–Kier alpha value is -3.49. The summed E-state index contributed by atoms with van der Waals surface area (Å²) < 4.78 is 14.1. The summed E-state index contributed by atoms with van der Waals surface area (Å²) in [6.07, 6.45) is 0.385. The summed E-state index contributed by atoms with van der Waals surface area (Å²) in [7, 11) is 0. The maximum atomic E-state index is 14.1. The summed E-state index contributed by atoms with van der Waals surface area (Å²) in [6.45, 7) is 2.97. The van der Waals surface area contributed by atoms with E-state index in [1.54, 1.807) is 30.3 Å². The van der Waals surface area contributed by atoms with Crippen molar-refractivity contribution in [3.63, 3.8) is 0 Å². The predicted octanol–water partition coefficient (Wildman–Crippen LogP) is 4.57. The van der Waals surface area contributed by atoms with Crippen molar-refractivity contribution >= 4 is 28.9 Å². The number of carbonyl (C=O) groups is 1. The SMILES string of the molecule is O=C(NCc1ccccc1F)[C@@H]1Cc2cc([N+](=O)[O-])ccc2N2CCN(Cc3ccc(Cl)cc3)C[C@H]12. The van der Waals surface area contributed by atoms with E-state index < -0.39 is 10.8 Å². The van der Waals surface area contributed by atoms with Gasteiger partial charge in [-0.25, -0.2) is 4.39 Å². The van der Waals surface area contributed by atoms with Gasteiger partial charge in [0.1, 0.15) is 5.82 Å². The molecule has 1 amide bonds. The van der Waals surface area contributed by atoms with Crippen LogP contribution in [-0.2, 0) is 24.3 Å². The Morgan fingerprint density at radius 3 is 2.64 bits per heavy atom. The number of carbonyl (C=O) groups excluding carboxylic acids is 1. The maximum absolute atomic E-state index is 14.1. The second-order valence-electron chi connectivity index (χ2n) is 9.31. The van der Waals surface area contributed by atoms with Gasteiger partial charge in [0.05, 0.1) is 16.9 Å². The highest BCUT2D eigenvalue weighted by Gasteiger charge is 2.42. The molecule has 3 aromatic carbocycles. The van der Waals surface area contributed by atoms with E-state index in [0.29, 0.717) is 30.1 Å². The normalized spacial score (nSPS) is 19.3. The van der Waals surface area contributed by atoms with Crippen LogP contribution in [0.15, 0.2) is 66.7 Å². The molecule has 0 bridgehead atoms. The number of anilines is 1. The third-order valence-electron chi connectivity index (χ3n) is 7.06. The second kappa shape index (κ2) is 10.2. The molecule has 36 heavy (non-hydrogen) atoms. The van der Waals surface area contributed by atoms with Crippen LogP contribution < -0.4 is 10.2 Å². The molecule has 2 aliphatic heterocycles. The average Bonchev–Trinajstić information content (AvgIpc) is 2.88. The average molecular weight is 509 g/mol. The summed E-state index contributed by atoms with van der Waals surface area (Å²) in [5.41, 5.74) is 3.30.